The summed E-state index contributed by atoms with van der Waals surface area (Å²) in [5, 5.41) is 4.42. The number of amides is 3. The van der Waals surface area contributed by atoms with Crippen molar-refractivity contribution in [3.05, 3.63) is 30.1 Å². The van der Waals surface area contributed by atoms with Gasteiger partial charge in [-0.05, 0) is 119 Å². The fraction of sp³-hybridized carbons (Fsp3) is 0.731. The van der Waals surface area contributed by atoms with Crippen LogP contribution in [0.15, 0.2) is 24.5 Å². The summed E-state index contributed by atoms with van der Waals surface area (Å²) >= 11 is 0. The predicted molar refractivity (Wildman–Crippen MR) is 127 cm³/mol. The molecule has 4 saturated carbocycles. The van der Waals surface area contributed by atoms with Crippen LogP contribution in [0.1, 0.15) is 77.7 Å². The lowest BCUT2D eigenvalue weighted by Crippen LogP contribution is -2.54. The molecule has 0 aliphatic heterocycles. The van der Waals surface area contributed by atoms with Gasteiger partial charge in [0, 0.05) is 25.5 Å². The molecule has 0 unspecified atom stereocenters. The van der Waals surface area contributed by atoms with E-state index in [1.807, 2.05) is 32.9 Å². The first-order valence-electron chi connectivity index (χ1n) is 12.6. The zero-order chi connectivity index (χ0) is 23.5. The average Bonchev–Trinajstić information content (AvgIpc) is 2.72. The van der Waals surface area contributed by atoms with E-state index in [4.69, 9.17) is 4.74 Å². The van der Waals surface area contributed by atoms with Crippen molar-refractivity contribution in [1.82, 2.24) is 20.7 Å². The Morgan fingerprint density at radius 2 is 1.70 bits per heavy atom. The Hall–Kier alpha value is -2.31. The van der Waals surface area contributed by atoms with E-state index < -0.39 is 11.7 Å². The first-order valence-corrected chi connectivity index (χ1v) is 12.6. The molecule has 1 aromatic rings. The van der Waals surface area contributed by atoms with Gasteiger partial charge in [0.25, 0.3) is 0 Å². The molecule has 2 N–H and O–H groups in total. The molecule has 7 heteroatoms. The molecule has 5 rings (SSSR count). The average molecular weight is 457 g/mol. The molecular weight excluding hydrogens is 416 g/mol. The highest BCUT2D eigenvalue weighted by atomic mass is 16.6. The summed E-state index contributed by atoms with van der Waals surface area (Å²) in [5.41, 5.74) is 3.64. The first kappa shape index (κ1) is 23.8. The normalized spacial score (nSPS) is 27.8. The van der Waals surface area contributed by atoms with Crippen LogP contribution < -0.4 is 10.7 Å². The minimum atomic E-state index is -0.614. The van der Waals surface area contributed by atoms with Crippen molar-refractivity contribution in [3.63, 3.8) is 0 Å². The zero-order valence-corrected chi connectivity index (χ0v) is 20.4. The first-order chi connectivity index (χ1) is 15.7. The van der Waals surface area contributed by atoms with Gasteiger partial charge in [-0.15, -0.1) is 0 Å². The number of aromatic nitrogens is 1. The van der Waals surface area contributed by atoms with Crippen LogP contribution in [-0.2, 0) is 11.2 Å². The van der Waals surface area contributed by atoms with Crippen LogP contribution in [-0.4, -0.2) is 40.8 Å². The molecule has 0 saturated heterocycles. The summed E-state index contributed by atoms with van der Waals surface area (Å²) in [6.07, 6.45) is 13.7. The van der Waals surface area contributed by atoms with E-state index in [0.717, 1.165) is 37.0 Å². The number of urea groups is 1. The maximum absolute atomic E-state index is 13.0. The summed E-state index contributed by atoms with van der Waals surface area (Å²) in [6.45, 7) is 6.54. The lowest BCUT2D eigenvalue weighted by atomic mass is 9.49. The molecule has 4 aliphatic carbocycles. The Bertz CT molecular complexity index is 785. The number of ether oxygens (including phenoxy) is 1. The smallest absolute Gasteiger partial charge is 0.426 e. The van der Waals surface area contributed by atoms with Gasteiger partial charge in [0.2, 0.25) is 0 Å². The lowest BCUT2D eigenvalue weighted by molar-refractivity contribution is -0.0612. The number of hydrazine groups is 1. The van der Waals surface area contributed by atoms with E-state index >= 15 is 0 Å². The number of carbonyl (C=O) groups is 2. The topological polar surface area (TPSA) is 83.6 Å². The number of nitrogens with zero attached hydrogens (tertiary/aromatic N) is 2. The quantitative estimate of drug-likeness (QED) is 0.443. The maximum atomic E-state index is 13.0. The van der Waals surface area contributed by atoms with E-state index in [2.05, 4.69) is 15.7 Å². The van der Waals surface area contributed by atoms with Crippen LogP contribution >= 0.6 is 0 Å². The van der Waals surface area contributed by atoms with Crippen molar-refractivity contribution in [2.45, 2.75) is 84.2 Å². The summed E-state index contributed by atoms with van der Waals surface area (Å²) in [5.74, 6) is 2.60. The Kier molecular flexibility index (Phi) is 7.15. The van der Waals surface area contributed by atoms with E-state index in [0.29, 0.717) is 18.5 Å². The van der Waals surface area contributed by atoms with Gasteiger partial charge < -0.3 is 10.1 Å². The van der Waals surface area contributed by atoms with Crippen molar-refractivity contribution < 1.29 is 14.3 Å². The van der Waals surface area contributed by atoms with E-state index in [9.17, 15) is 9.59 Å². The fourth-order valence-electron chi connectivity index (χ4n) is 6.70. The van der Waals surface area contributed by atoms with E-state index in [1.54, 1.807) is 12.4 Å². The molecule has 4 fully saturated rings. The number of rotatable bonds is 7. The van der Waals surface area contributed by atoms with Crippen LogP contribution in [0.3, 0.4) is 0 Å². The second-order valence-electron chi connectivity index (χ2n) is 11.6. The van der Waals surface area contributed by atoms with Crippen LogP contribution in [0.5, 0.6) is 0 Å². The lowest BCUT2D eigenvalue weighted by Gasteiger charge is -2.57. The molecule has 0 spiro atoms. The van der Waals surface area contributed by atoms with Gasteiger partial charge in [-0.3, -0.25) is 4.98 Å². The Balaban J connectivity index is 1.32. The number of hydrogen-bond acceptors (Lipinski definition) is 4. The van der Waals surface area contributed by atoms with Gasteiger partial charge in [-0.2, -0.15) is 0 Å². The van der Waals surface area contributed by atoms with Crippen molar-refractivity contribution >= 4 is 12.1 Å². The van der Waals surface area contributed by atoms with Gasteiger partial charge in [0.1, 0.15) is 5.60 Å². The van der Waals surface area contributed by atoms with Crippen molar-refractivity contribution in [3.8, 4) is 0 Å². The monoisotopic (exact) mass is 456 g/mol. The number of aryl methyl sites for hydroxylation is 1. The van der Waals surface area contributed by atoms with Crippen LogP contribution in [0.2, 0.25) is 0 Å². The van der Waals surface area contributed by atoms with Crippen molar-refractivity contribution in [2.24, 2.45) is 23.2 Å². The second kappa shape index (κ2) is 9.90. The maximum Gasteiger partial charge on any atom is 0.426 e. The minimum absolute atomic E-state index is 0.264. The van der Waals surface area contributed by atoms with Gasteiger partial charge >= 0.3 is 12.1 Å². The zero-order valence-electron chi connectivity index (χ0n) is 20.4. The minimum Gasteiger partial charge on any atom is -0.443 e. The summed E-state index contributed by atoms with van der Waals surface area (Å²) in [4.78, 5) is 29.5. The second-order valence-corrected chi connectivity index (χ2v) is 11.6. The van der Waals surface area contributed by atoms with Crippen molar-refractivity contribution in [2.75, 3.05) is 13.1 Å². The Morgan fingerprint density at radius 3 is 2.27 bits per heavy atom. The predicted octanol–water partition coefficient (Wildman–Crippen LogP) is 5.07. The highest BCUT2D eigenvalue weighted by Gasteiger charge is 2.50. The van der Waals surface area contributed by atoms with Crippen LogP contribution in [0.25, 0.3) is 0 Å². The number of hydrogen-bond donors (Lipinski definition) is 2. The molecule has 7 nitrogen and oxygen atoms in total. The largest absolute Gasteiger partial charge is 0.443 e. The Morgan fingerprint density at radius 1 is 1.09 bits per heavy atom. The molecule has 0 aromatic carbocycles. The third-order valence-corrected chi connectivity index (χ3v) is 7.57. The summed E-state index contributed by atoms with van der Waals surface area (Å²) < 4.78 is 5.42. The highest BCUT2D eigenvalue weighted by molar-refractivity contribution is 5.77. The van der Waals surface area contributed by atoms with Crippen LogP contribution in [0, 0.1) is 23.2 Å². The number of nitrogens with one attached hydrogen (secondary N) is 2. The third-order valence-electron chi connectivity index (χ3n) is 7.57. The van der Waals surface area contributed by atoms with Gasteiger partial charge in [-0.25, -0.2) is 20.0 Å². The van der Waals surface area contributed by atoms with E-state index in [1.165, 1.54) is 49.1 Å². The summed E-state index contributed by atoms with van der Waals surface area (Å²) in [7, 11) is 0. The molecule has 3 amide bonds. The molecule has 4 aliphatic rings. The van der Waals surface area contributed by atoms with Crippen molar-refractivity contribution in [1.29, 1.82) is 0 Å². The molecule has 182 valence electrons. The fourth-order valence-corrected chi connectivity index (χ4v) is 6.70. The van der Waals surface area contributed by atoms with Gasteiger partial charge in [-0.1, -0.05) is 0 Å². The number of carbonyl (C=O) groups excluding carboxylic acids is 2. The molecule has 33 heavy (non-hydrogen) atoms. The van der Waals surface area contributed by atoms with Crippen LogP contribution in [0.4, 0.5) is 9.59 Å². The molecular formula is C26H40N4O3. The SMILES string of the molecule is CC(C)(C)OC(=O)NN(CCC12CC3CC(CC(C3)C1)C2)C(=O)NCCCc1ccncc1. The summed E-state index contributed by atoms with van der Waals surface area (Å²) in [6, 6.07) is 3.72. The van der Waals surface area contributed by atoms with Gasteiger partial charge in [0.15, 0.2) is 0 Å². The Labute approximate surface area is 198 Å². The molecule has 1 aromatic heterocycles. The van der Waals surface area contributed by atoms with Gasteiger partial charge in [0.05, 0.1) is 0 Å². The highest BCUT2D eigenvalue weighted by Crippen LogP contribution is 2.61. The molecule has 0 radical (unpaired) electrons. The third kappa shape index (κ3) is 6.61. The molecule has 0 atom stereocenters. The van der Waals surface area contributed by atoms with E-state index in [-0.39, 0.29) is 6.03 Å². The molecule has 4 bridgehead atoms. The number of pyridine rings is 1. The standard InChI is InChI=1S/C26H40N4O3/c1-25(2,3)33-24(32)29-30(23(31)28-9-4-5-19-6-10-27-11-7-19)12-8-26-16-20-13-21(17-26)15-22(14-20)18-26/h6-7,10-11,20-22H,4-5,8-9,12-18H2,1-3H3,(H,28,31)(H,29,32). The molecule has 1 heterocycles.